The van der Waals surface area contributed by atoms with E-state index in [1.54, 1.807) is 11.0 Å². The summed E-state index contributed by atoms with van der Waals surface area (Å²) in [4.78, 5) is 14.2. The number of hydrogen-bond acceptors (Lipinski definition) is 6. The number of amides is 1. The number of aromatic nitrogens is 3. The van der Waals surface area contributed by atoms with Crippen LogP contribution in [0, 0.1) is 6.92 Å². The third-order valence-electron chi connectivity index (χ3n) is 4.48. The predicted octanol–water partition coefficient (Wildman–Crippen LogP) is 2.42. The zero-order valence-corrected chi connectivity index (χ0v) is 15.0. The Morgan fingerprint density at radius 2 is 2.04 bits per heavy atom. The fourth-order valence-electron chi connectivity index (χ4n) is 2.95. The van der Waals surface area contributed by atoms with Crippen molar-refractivity contribution in [1.82, 2.24) is 20.3 Å². The van der Waals surface area contributed by atoms with Crippen molar-refractivity contribution in [2.24, 2.45) is 0 Å². The number of nitrogens with one attached hydrogen (secondary N) is 1. The van der Waals surface area contributed by atoms with Gasteiger partial charge in [-0.3, -0.25) is 9.89 Å². The molecule has 3 heterocycles. The molecule has 8 heteroatoms. The monoisotopic (exact) mass is 368 g/mol. The van der Waals surface area contributed by atoms with E-state index in [-0.39, 0.29) is 12.5 Å². The second kappa shape index (κ2) is 7.63. The van der Waals surface area contributed by atoms with Crippen molar-refractivity contribution in [2.75, 3.05) is 26.3 Å². The lowest BCUT2D eigenvalue weighted by molar-refractivity contribution is 0.0299. The number of rotatable bonds is 5. The molecular weight excluding hydrogens is 348 g/mol. The molecule has 140 valence electrons. The molecule has 8 nitrogen and oxygen atoms in total. The summed E-state index contributed by atoms with van der Waals surface area (Å²) in [5.74, 6) is 0.937. The minimum atomic E-state index is -0.105. The summed E-state index contributed by atoms with van der Waals surface area (Å²) in [6.07, 6.45) is 0. The Morgan fingerprint density at radius 1 is 1.26 bits per heavy atom. The highest BCUT2D eigenvalue weighted by Gasteiger charge is 2.21. The van der Waals surface area contributed by atoms with Gasteiger partial charge in [0, 0.05) is 24.7 Å². The molecule has 1 aliphatic rings. The fourth-order valence-corrected chi connectivity index (χ4v) is 2.95. The summed E-state index contributed by atoms with van der Waals surface area (Å²) < 4.78 is 16.4. The second-order valence-corrected chi connectivity index (χ2v) is 6.25. The topological polar surface area (TPSA) is 93.5 Å². The van der Waals surface area contributed by atoms with Crippen LogP contribution in [0.15, 0.2) is 40.9 Å². The van der Waals surface area contributed by atoms with Crippen LogP contribution in [0.25, 0.3) is 11.3 Å². The molecular formula is C19H20N4O4. The van der Waals surface area contributed by atoms with Gasteiger partial charge in [-0.1, -0.05) is 35.5 Å². The van der Waals surface area contributed by atoms with Crippen molar-refractivity contribution >= 4 is 5.91 Å². The van der Waals surface area contributed by atoms with Crippen LogP contribution in [-0.2, 0) is 11.3 Å². The normalized spacial score (nSPS) is 14.3. The van der Waals surface area contributed by atoms with Gasteiger partial charge in [0.15, 0.2) is 0 Å². The van der Waals surface area contributed by atoms with Gasteiger partial charge in [-0.05, 0) is 6.92 Å². The van der Waals surface area contributed by atoms with Gasteiger partial charge in [0.1, 0.15) is 23.8 Å². The molecule has 1 N–H and O–H groups in total. The third-order valence-corrected chi connectivity index (χ3v) is 4.48. The first kappa shape index (κ1) is 17.3. The summed E-state index contributed by atoms with van der Waals surface area (Å²) in [6.45, 7) is 4.35. The van der Waals surface area contributed by atoms with Crippen LogP contribution in [0.2, 0.25) is 0 Å². The number of ether oxygens (including phenoxy) is 2. The minimum absolute atomic E-state index is 0.105. The van der Waals surface area contributed by atoms with Crippen molar-refractivity contribution in [3.8, 4) is 17.1 Å². The van der Waals surface area contributed by atoms with E-state index in [1.165, 1.54) is 0 Å². The number of carbonyl (C=O) groups excluding carboxylic acids is 1. The largest absolute Gasteiger partial charge is 0.472 e. The molecule has 3 aromatic rings. The summed E-state index contributed by atoms with van der Waals surface area (Å²) in [5, 5.41) is 11.0. The molecule has 1 aromatic carbocycles. The van der Waals surface area contributed by atoms with Gasteiger partial charge in [0.25, 0.3) is 5.91 Å². The van der Waals surface area contributed by atoms with Crippen molar-refractivity contribution in [1.29, 1.82) is 0 Å². The molecule has 2 aromatic heterocycles. The first-order valence-electron chi connectivity index (χ1n) is 8.78. The molecule has 0 unspecified atom stereocenters. The van der Waals surface area contributed by atoms with Crippen LogP contribution in [-0.4, -0.2) is 52.5 Å². The van der Waals surface area contributed by atoms with Crippen LogP contribution in [0.3, 0.4) is 0 Å². The van der Waals surface area contributed by atoms with E-state index < -0.39 is 0 Å². The van der Waals surface area contributed by atoms with Crippen molar-refractivity contribution in [2.45, 2.75) is 13.5 Å². The molecule has 0 atom stereocenters. The minimum Gasteiger partial charge on any atom is -0.472 e. The Hall–Kier alpha value is -3.13. The molecule has 1 saturated heterocycles. The number of morpholine rings is 1. The van der Waals surface area contributed by atoms with Crippen molar-refractivity contribution in [3.63, 3.8) is 0 Å². The van der Waals surface area contributed by atoms with E-state index in [2.05, 4.69) is 15.4 Å². The smallest absolute Gasteiger partial charge is 0.272 e. The van der Waals surface area contributed by atoms with Crippen LogP contribution >= 0.6 is 0 Å². The number of benzene rings is 1. The molecule has 0 radical (unpaired) electrons. The molecule has 0 bridgehead atoms. The quantitative estimate of drug-likeness (QED) is 0.743. The van der Waals surface area contributed by atoms with Crippen molar-refractivity contribution < 1.29 is 18.8 Å². The number of aromatic amines is 1. The Balaban J connectivity index is 1.45. The van der Waals surface area contributed by atoms with Gasteiger partial charge in [0.2, 0.25) is 5.88 Å². The highest BCUT2D eigenvalue weighted by atomic mass is 16.5. The van der Waals surface area contributed by atoms with Crippen LogP contribution in [0.5, 0.6) is 5.88 Å². The maximum absolute atomic E-state index is 12.5. The highest BCUT2D eigenvalue weighted by molar-refractivity contribution is 5.92. The zero-order chi connectivity index (χ0) is 18.6. The van der Waals surface area contributed by atoms with Gasteiger partial charge in [0.05, 0.1) is 18.8 Å². The van der Waals surface area contributed by atoms with Crippen LogP contribution in [0.1, 0.15) is 21.8 Å². The van der Waals surface area contributed by atoms with E-state index >= 15 is 0 Å². The SMILES string of the molecule is Cc1onc(-c2ccccc2)c1COc1cc(C(=O)N2CCOCC2)[nH]n1. The van der Waals surface area contributed by atoms with E-state index in [0.717, 1.165) is 16.8 Å². The Morgan fingerprint density at radius 3 is 2.81 bits per heavy atom. The van der Waals surface area contributed by atoms with Gasteiger partial charge in [-0.25, -0.2) is 0 Å². The Kier molecular flexibility index (Phi) is 4.88. The summed E-state index contributed by atoms with van der Waals surface area (Å²) >= 11 is 0. The predicted molar refractivity (Wildman–Crippen MR) is 96.3 cm³/mol. The molecule has 1 fully saturated rings. The van der Waals surface area contributed by atoms with Gasteiger partial charge in [-0.2, -0.15) is 0 Å². The van der Waals surface area contributed by atoms with E-state index in [0.29, 0.717) is 43.6 Å². The molecule has 0 saturated carbocycles. The van der Waals surface area contributed by atoms with Gasteiger partial charge < -0.3 is 18.9 Å². The first-order chi connectivity index (χ1) is 13.2. The van der Waals surface area contributed by atoms with E-state index in [9.17, 15) is 4.79 Å². The van der Waals surface area contributed by atoms with E-state index in [1.807, 2.05) is 37.3 Å². The average Bonchev–Trinajstić information content (AvgIpc) is 3.34. The summed E-state index contributed by atoms with van der Waals surface area (Å²) in [5.41, 5.74) is 2.95. The molecule has 4 rings (SSSR count). The number of carbonyl (C=O) groups is 1. The lowest BCUT2D eigenvalue weighted by Gasteiger charge is -2.26. The van der Waals surface area contributed by atoms with Gasteiger partial charge in [-0.15, -0.1) is 5.10 Å². The number of aryl methyl sites for hydroxylation is 1. The fraction of sp³-hybridized carbons (Fsp3) is 0.316. The maximum Gasteiger partial charge on any atom is 0.272 e. The van der Waals surface area contributed by atoms with Crippen LogP contribution < -0.4 is 4.74 Å². The zero-order valence-electron chi connectivity index (χ0n) is 15.0. The maximum atomic E-state index is 12.5. The number of nitrogens with zero attached hydrogens (tertiary/aromatic N) is 3. The van der Waals surface area contributed by atoms with Crippen molar-refractivity contribution in [3.05, 3.63) is 53.4 Å². The lowest BCUT2D eigenvalue weighted by Crippen LogP contribution is -2.40. The second-order valence-electron chi connectivity index (χ2n) is 6.25. The summed E-state index contributed by atoms with van der Waals surface area (Å²) in [7, 11) is 0. The van der Waals surface area contributed by atoms with Crippen LogP contribution in [0.4, 0.5) is 0 Å². The lowest BCUT2D eigenvalue weighted by atomic mass is 10.1. The Labute approximate surface area is 156 Å². The standard InChI is InChI=1S/C19H20N4O4/c1-13-15(18(22-27-13)14-5-3-2-4-6-14)12-26-17-11-16(20-21-17)19(24)23-7-9-25-10-8-23/h2-6,11H,7-10,12H2,1H3,(H,20,21). The number of hydrogen-bond donors (Lipinski definition) is 1. The molecule has 27 heavy (non-hydrogen) atoms. The van der Waals surface area contributed by atoms with Gasteiger partial charge >= 0.3 is 0 Å². The molecule has 1 amide bonds. The molecule has 0 spiro atoms. The van der Waals surface area contributed by atoms with E-state index in [4.69, 9.17) is 14.0 Å². The Bertz CT molecular complexity index is 913. The first-order valence-corrected chi connectivity index (χ1v) is 8.78. The molecule has 1 aliphatic heterocycles. The third kappa shape index (κ3) is 3.70. The number of H-pyrrole nitrogens is 1. The highest BCUT2D eigenvalue weighted by Crippen LogP contribution is 2.26. The molecule has 0 aliphatic carbocycles. The average molecular weight is 368 g/mol. The summed E-state index contributed by atoms with van der Waals surface area (Å²) in [6, 6.07) is 11.4.